The molecule has 176 valence electrons. The van der Waals surface area contributed by atoms with Gasteiger partial charge in [0.2, 0.25) is 0 Å². The first-order chi connectivity index (χ1) is 15.0. The lowest BCUT2D eigenvalue weighted by molar-refractivity contribution is 0.0254. The Balaban J connectivity index is 2.03. The standard InChI is InChI=1S/C23H35N5O4/c1-15(24)19(27-20-13-25-10-8-18(20)21(29)30)14-26-16(2)17-7-6-11-28(12-9-17)22(31)32-23(3,4)5/h8,10,13-14,16-17,27H,6-7,9,11-12,24H2,1-5H3,(H,29,30)/b19-15+,26-14-/t16-,17?/m1/s1. The number of nitrogens with two attached hydrogens (primary N) is 1. The number of carboxylic acid groups (broad SMARTS) is 1. The molecule has 9 nitrogen and oxygen atoms in total. The number of aliphatic imine (C=N–C) groups is 1. The Hall–Kier alpha value is -3.10. The number of likely N-dealkylation sites (tertiary alicyclic amines) is 1. The molecule has 1 amide bonds. The summed E-state index contributed by atoms with van der Waals surface area (Å²) in [5, 5.41) is 12.4. The predicted molar refractivity (Wildman–Crippen MR) is 125 cm³/mol. The summed E-state index contributed by atoms with van der Waals surface area (Å²) < 4.78 is 5.50. The van der Waals surface area contributed by atoms with Gasteiger partial charge < -0.3 is 25.8 Å². The van der Waals surface area contributed by atoms with Gasteiger partial charge in [0.15, 0.2) is 0 Å². The normalized spacial score (nSPS) is 19.2. The van der Waals surface area contributed by atoms with Crippen LogP contribution in [0.2, 0.25) is 0 Å². The highest BCUT2D eigenvalue weighted by atomic mass is 16.6. The Morgan fingerprint density at radius 1 is 1.38 bits per heavy atom. The zero-order valence-corrected chi connectivity index (χ0v) is 19.6. The minimum Gasteiger partial charge on any atom is -0.478 e. The van der Waals surface area contributed by atoms with Crippen molar-refractivity contribution >= 4 is 24.0 Å². The van der Waals surface area contributed by atoms with Crippen molar-refractivity contribution < 1.29 is 19.4 Å². The number of ether oxygens (including phenoxy) is 1. The van der Waals surface area contributed by atoms with Crippen LogP contribution in [0, 0.1) is 5.92 Å². The Labute approximate surface area is 189 Å². The lowest BCUT2D eigenvalue weighted by atomic mass is 9.94. The van der Waals surface area contributed by atoms with Gasteiger partial charge in [-0.1, -0.05) is 0 Å². The molecule has 1 saturated heterocycles. The quantitative estimate of drug-likeness (QED) is 0.566. The van der Waals surface area contributed by atoms with Gasteiger partial charge in [0.05, 0.1) is 29.2 Å². The molecule has 0 aromatic carbocycles. The van der Waals surface area contributed by atoms with Crippen molar-refractivity contribution in [3.8, 4) is 0 Å². The van der Waals surface area contributed by atoms with E-state index < -0.39 is 11.6 Å². The number of rotatable bonds is 6. The number of amides is 1. The second-order valence-corrected chi connectivity index (χ2v) is 9.13. The van der Waals surface area contributed by atoms with Gasteiger partial charge in [-0.2, -0.15) is 0 Å². The lowest BCUT2D eigenvalue weighted by Gasteiger charge is -2.26. The average Bonchev–Trinajstić information content (AvgIpc) is 2.96. The van der Waals surface area contributed by atoms with E-state index >= 15 is 0 Å². The van der Waals surface area contributed by atoms with Crippen LogP contribution in [0.1, 0.15) is 64.2 Å². The van der Waals surface area contributed by atoms with Crippen molar-refractivity contribution in [3.63, 3.8) is 0 Å². The number of carbonyl (C=O) groups is 2. The van der Waals surface area contributed by atoms with Crippen molar-refractivity contribution in [1.82, 2.24) is 9.88 Å². The number of pyridine rings is 1. The number of hydrogen-bond donors (Lipinski definition) is 3. The summed E-state index contributed by atoms with van der Waals surface area (Å²) in [7, 11) is 0. The molecule has 1 aliphatic rings. The second-order valence-electron chi connectivity index (χ2n) is 9.13. The van der Waals surface area contributed by atoms with Gasteiger partial charge in [0.1, 0.15) is 5.60 Å². The van der Waals surface area contributed by atoms with Gasteiger partial charge in [-0.25, -0.2) is 9.59 Å². The number of hydrogen-bond acceptors (Lipinski definition) is 7. The summed E-state index contributed by atoms with van der Waals surface area (Å²) in [6.07, 6.45) is 6.92. The van der Waals surface area contributed by atoms with Gasteiger partial charge >= 0.3 is 12.1 Å². The third-order valence-electron chi connectivity index (χ3n) is 5.29. The maximum Gasteiger partial charge on any atom is 0.410 e. The topological polar surface area (TPSA) is 130 Å². The molecule has 1 unspecified atom stereocenters. The summed E-state index contributed by atoms with van der Waals surface area (Å²) in [5.41, 5.74) is 6.95. The summed E-state index contributed by atoms with van der Waals surface area (Å²) in [6, 6.07) is 1.44. The van der Waals surface area contributed by atoms with Crippen LogP contribution in [0.25, 0.3) is 0 Å². The first kappa shape index (κ1) is 25.2. The SMILES string of the molecule is C/C(N)=C(/C=N\[C@H](C)C1CCCN(C(=O)OC(C)(C)C)CC1)Nc1cnccc1C(=O)O. The van der Waals surface area contributed by atoms with Crippen molar-refractivity contribution in [2.45, 2.75) is 65.5 Å². The van der Waals surface area contributed by atoms with Crippen LogP contribution in [-0.4, -0.2) is 58.0 Å². The largest absolute Gasteiger partial charge is 0.478 e. The Bertz CT molecular complexity index is 871. The van der Waals surface area contributed by atoms with Gasteiger partial charge in [0.25, 0.3) is 0 Å². The number of nitrogens with one attached hydrogen (secondary N) is 1. The molecule has 0 aliphatic carbocycles. The van der Waals surface area contributed by atoms with Crippen molar-refractivity contribution in [3.05, 3.63) is 35.4 Å². The number of anilines is 1. The van der Waals surface area contributed by atoms with E-state index in [1.165, 1.54) is 18.5 Å². The fourth-order valence-corrected chi connectivity index (χ4v) is 3.49. The molecule has 1 aliphatic heterocycles. The molecule has 0 spiro atoms. The van der Waals surface area contributed by atoms with Crippen LogP contribution in [0.15, 0.2) is 34.8 Å². The molecule has 2 heterocycles. The predicted octanol–water partition coefficient (Wildman–Crippen LogP) is 3.88. The van der Waals surface area contributed by atoms with Gasteiger partial charge in [0, 0.05) is 31.2 Å². The van der Waals surface area contributed by atoms with E-state index in [2.05, 4.69) is 15.3 Å². The summed E-state index contributed by atoms with van der Waals surface area (Å²) in [6.45, 7) is 10.7. The van der Waals surface area contributed by atoms with E-state index in [9.17, 15) is 14.7 Å². The van der Waals surface area contributed by atoms with Crippen molar-refractivity contribution in [1.29, 1.82) is 0 Å². The first-order valence-corrected chi connectivity index (χ1v) is 10.9. The Morgan fingerprint density at radius 2 is 2.09 bits per heavy atom. The molecule has 2 atom stereocenters. The molecule has 0 bridgehead atoms. The number of aromatic nitrogens is 1. The van der Waals surface area contributed by atoms with Gasteiger partial charge in [-0.15, -0.1) is 0 Å². The van der Waals surface area contributed by atoms with Crippen LogP contribution >= 0.6 is 0 Å². The molecular formula is C23H35N5O4. The number of allylic oxidation sites excluding steroid dienone is 2. The first-order valence-electron chi connectivity index (χ1n) is 10.9. The molecule has 0 saturated carbocycles. The van der Waals surface area contributed by atoms with Crippen LogP contribution in [-0.2, 0) is 4.74 Å². The van der Waals surface area contributed by atoms with Crippen molar-refractivity contribution in [2.75, 3.05) is 18.4 Å². The minimum absolute atomic E-state index is 0.0116. The van der Waals surface area contributed by atoms with Gasteiger partial charge in [-0.3, -0.25) is 9.98 Å². The highest BCUT2D eigenvalue weighted by molar-refractivity contribution is 5.96. The van der Waals surface area contributed by atoms with E-state index in [0.717, 1.165) is 19.3 Å². The molecule has 4 N–H and O–H groups in total. The fourth-order valence-electron chi connectivity index (χ4n) is 3.49. The third kappa shape index (κ3) is 7.55. The highest BCUT2D eigenvalue weighted by Gasteiger charge is 2.27. The van der Waals surface area contributed by atoms with E-state index in [1.54, 1.807) is 18.0 Å². The summed E-state index contributed by atoms with van der Waals surface area (Å²) in [4.78, 5) is 34.3. The van der Waals surface area contributed by atoms with Crippen LogP contribution < -0.4 is 11.1 Å². The monoisotopic (exact) mass is 445 g/mol. The molecule has 32 heavy (non-hydrogen) atoms. The van der Waals surface area contributed by atoms with Crippen molar-refractivity contribution in [2.24, 2.45) is 16.6 Å². The highest BCUT2D eigenvalue weighted by Crippen LogP contribution is 2.24. The Morgan fingerprint density at radius 3 is 2.72 bits per heavy atom. The number of carbonyl (C=O) groups excluding carboxylic acids is 1. The smallest absolute Gasteiger partial charge is 0.410 e. The number of aromatic carboxylic acids is 1. The molecule has 0 radical (unpaired) electrons. The zero-order chi connectivity index (χ0) is 23.9. The lowest BCUT2D eigenvalue weighted by Crippen LogP contribution is -2.37. The number of carboxylic acids is 1. The maximum atomic E-state index is 12.4. The van der Waals surface area contributed by atoms with Crippen LogP contribution in [0.5, 0.6) is 0 Å². The zero-order valence-electron chi connectivity index (χ0n) is 19.6. The molecule has 1 aromatic heterocycles. The summed E-state index contributed by atoms with van der Waals surface area (Å²) in [5.74, 6) is -0.742. The average molecular weight is 446 g/mol. The summed E-state index contributed by atoms with van der Waals surface area (Å²) >= 11 is 0. The van der Waals surface area contributed by atoms with Gasteiger partial charge in [-0.05, 0) is 65.9 Å². The minimum atomic E-state index is -1.05. The van der Waals surface area contributed by atoms with E-state index in [0.29, 0.717) is 36.1 Å². The molecule has 1 fully saturated rings. The molecule has 1 aromatic rings. The fraction of sp³-hybridized carbons (Fsp3) is 0.565. The van der Waals surface area contributed by atoms with Crippen LogP contribution in [0.3, 0.4) is 0 Å². The third-order valence-corrected chi connectivity index (χ3v) is 5.29. The van der Waals surface area contributed by atoms with E-state index in [1.807, 2.05) is 27.7 Å². The number of nitrogens with zero attached hydrogens (tertiary/aromatic N) is 3. The van der Waals surface area contributed by atoms with E-state index in [-0.39, 0.29) is 17.7 Å². The van der Waals surface area contributed by atoms with Crippen LogP contribution in [0.4, 0.5) is 10.5 Å². The maximum absolute atomic E-state index is 12.4. The molecular weight excluding hydrogens is 410 g/mol. The Kier molecular flexibility index (Phi) is 8.63. The second kappa shape index (κ2) is 11.0. The molecule has 9 heteroatoms. The van der Waals surface area contributed by atoms with E-state index in [4.69, 9.17) is 10.5 Å². The molecule has 2 rings (SSSR count).